The lowest BCUT2D eigenvalue weighted by Gasteiger charge is -2.24. The van der Waals surface area contributed by atoms with Crippen LogP contribution >= 0.6 is 0 Å². The highest BCUT2D eigenvalue weighted by molar-refractivity contribution is 7.91. The first kappa shape index (κ1) is 10.4. The summed E-state index contributed by atoms with van der Waals surface area (Å²) >= 11 is 0. The van der Waals surface area contributed by atoms with Crippen LogP contribution in [0.2, 0.25) is 0 Å². The zero-order valence-electron chi connectivity index (χ0n) is 8.70. The van der Waals surface area contributed by atoms with E-state index in [1.165, 1.54) is 0 Å². The van der Waals surface area contributed by atoms with E-state index in [0.717, 1.165) is 25.7 Å². The molecule has 82 valence electrons. The lowest BCUT2D eigenvalue weighted by molar-refractivity contribution is 0.376. The van der Waals surface area contributed by atoms with E-state index in [4.69, 9.17) is 5.73 Å². The molecule has 2 unspecified atom stereocenters. The number of rotatable bonds is 2. The molecule has 2 N–H and O–H groups in total. The van der Waals surface area contributed by atoms with Crippen LogP contribution in [0.1, 0.15) is 32.6 Å². The quantitative estimate of drug-likeness (QED) is 0.749. The Balaban J connectivity index is 1.85. The zero-order valence-corrected chi connectivity index (χ0v) is 9.52. The smallest absolute Gasteiger partial charge is 0.150 e. The Labute approximate surface area is 86.0 Å². The van der Waals surface area contributed by atoms with Gasteiger partial charge in [-0.15, -0.1) is 0 Å². The van der Waals surface area contributed by atoms with E-state index in [0.29, 0.717) is 23.3 Å². The summed E-state index contributed by atoms with van der Waals surface area (Å²) in [6.45, 7) is 2.18. The molecule has 1 aliphatic carbocycles. The molecule has 0 amide bonds. The molecule has 2 rings (SSSR count). The van der Waals surface area contributed by atoms with E-state index in [1.807, 2.05) is 0 Å². The fraction of sp³-hybridized carbons (Fsp3) is 1.00. The monoisotopic (exact) mass is 217 g/mol. The molecule has 4 heteroatoms. The fourth-order valence-electron chi connectivity index (χ4n) is 2.48. The van der Waals surface area contributed by atoms with Gasteiger partial charge in [0.2, 0.25) is 0 Å². The first-order valence-electron chi connectivity index (χ1n) is 5.41. The molecule has 3 nitrogen and oxygen atoms in total. The van der Waals surface area contributed by atoms with Crippen LogP contribution in [0.5, 0.6) is 0 Å². The van der Waals surface area contributed by atoms with Crippen LogP contribution < -0.4 is 5.73 Å². The molecule has 2 aliphatic rings. The van der Waals surface area contributed by atoms with E-state index in [9.17, 15) is 8.42 Å². The molecular formula is C10H19NO2S. The van der Waals surface area contributed by atoms with Gasteiger partial charge < -0.3 is 5.73 Å². The topological polar surface area (TPSA) is 60.2 Å². The van der Waals surface area contributed by atoms with Crippen molar-refractivity contribution in [1.29, 1.82) is 0 Å². The minimum absolute atomic E-state index is 0.0474. The predicted molar refractivity (Wildman–Crippen MR) is 56.7 cm³/mol. The molecule has 2 fully saturated rings. The molecule has 2 atom stereocenters. The molecular weight excluding hydrogens is 198 g/mol. The Bertz CT molecular complexity index is 311. The lowest BCUT2D eigenvalue weighted by atomic mass is 9.92. The number of hydrogen-bond acceptors (Lipinski definition) is 3. The van der Waals surface area contributed by atoms with Gasteiger partial charge in [-0.05, 0) is 37.5 Å². The van der Waals surface area contributed by atoms with Crippen molar-refractivity contribution in [3.05, 3.63) is 0 Å². The molecule has 0 aromatic carbocycles. The number of nitrogens with two attached hydrogens (primary N) is 1. The Morgan fingerprint density at radius 1 is 1.36 bits per heavy atom. The maximum absolute atomic E-state index is 11.2. The van der Waals surface area contributed by atoms with Gasteiger partial charge in [-0.2, -0.15) is 0 Å². The second kappa shape index (κ2) is 3.20. The minimum atomic E-state index is -2.71. The van der Waals surface area contributed by atoms with Gasteiger partial charge in [0.25, 0.3) is 0 Å². The maximum Gasteiger partial charge on any atom is 0.150 e. The van der Waals surface area contributed by atoms with Crippen LogP contribution in [-0.2, 0) is 9.84 Å². The highest BCUT2D eigenvalue weighted by Gasteiger charge is 2.48. The molecule has 1 saturated carbocycles. The van der Waals surface area contributed by atoms with E-state index >= 15 is 0 Å². The summed E-state index contributed by atoms with van der Waals surface area (Å²) in [7, 11) is -2.71. The van der Waals surface area contributed by atoms with Gasteiger partial charge in [-0.25, -0.2) is 8.42 Å². The van der Waals surface area contributed by atoms with Crippen molar-refractivity contribution in [3.8, 4) is 0 Å². The van der Waals surface area contributed by atoms with E-state index in [2.05, 4.69) is 6.92 Å². The van der Waals surface area contributed by atoms with Crippen LogP contribution in [0.4, 0.5) is 0 Å². The molecule has 14 heavy (non-hydrogen) atoms. The second-order valence-corrected chi connectivity index (χ2v) is 7.44. The molecule has 1 aliphatic heterocycles. The SMILES string of the molecule is CC1CC1(N)CC1CCS(=O)(=O)CC1. The van der Waals surface area contributed by atoms with Crippen LogP contribution in [-0.4, -0.2) is 25.5 Å². The summed E-state index contributed by atoms with van der Waals surface area (Å²) in [5.41, 5.74) is 6.19. The van der Waals surface area contributed by atoms with Gasteiger partial charge in [-0.3, -0.25) is 0 Å². The van der Waals surface area contributed by atoms with Crippen LogP contribution in [0.25, 0.3) is 0 Å². The van der Waals surface area contributed by atoms with Gasteiger partial charge in [0, 0.05) is 5.54 Å². The van der Waals surface area contributed by atoms with Crippen molar-refractivity contribution in [2.24, 2.45) is 17.6 Å². The van der Waals surface area contributed by atoms with Gasteiger partial charge in [0.1, 0.15) is 9.84 Å². The molecule has 0 aromatic rings. The van der Waals surface area contributed by atoms with Crippen LogP contribution in [0.15, 0.2) is 0 Å². The summed E-state index contributed by atoms with van der Waals surface area (Å²) in [6, 6.07) is 0. The minimum Gasteiger partial charge on any atom is -0.325 e. The van der Waals surface area contributed by atoms with Crippen LogP contribution in [0.3, 0.4) is 0 Å². The highest BCUT2D eigenvalue weighted by Crippen LogP contribution is 2.46. The van der Waals surface area contributed by atoms with E-state index < -0.39 is 9.84 Å². The number of hydrogen-bond donors (Lipinski definition) is 1. The summed E-state index contributed by atoms with van der Waals surface area (Å²) in [5.74, 6) is 1.94. The van der Waals surface area contributed by atoms with Crippen LogP contribution in [0, 0.1) is 11.8 Å². The molecule has 1 saturated heterocycles. The Morgan fingerprint density at radius 2 is 1.86 bits per heavy atom. The molecule has 0 bridgehead atoms. The lowest BCUT2D eigenvalue weighted by Crippen LogP contribution is -2.32. The zero-order chi connectivity index (χ0) is 10.4. The summed E-state index contributed by atoms with van der Waals surface area (Å²) in [4.78, 5) is 0. The van der Waals surface area contributed by atoms with Crippen molar-refractivity contribution in [1.82, 2.24) is 0 Å². The van der Waals surface area contributed by atoms with E-state index in [1.54, 1.807) is 0 Å². The number of sulfone groups is 1. The van der Waals surface area contributed by atoms with Gasteiger partial charge in [0.15, 0.2) is 0 Å². The van der Waals surface area contributed by atoms with Crippen molar-refractivity contribution < 1.29 is 8.42 Å². The Morgan fingerprint density at radius 3 is 2.29 bits per heavy atom. The molecule has 1 heterocycles. The summed E-state index contributed by atoms with van der Waals surface area (Å²) in [6.07, 6.45) is 3.81. The Hall–Kier alpha value is -0.0900. The van der Waals surface area contributed by atoms with E-state index in [-0.39, 0.29) is 5.54 Å². The molecule has 0 spiro atoms. The van der Waals surface area contributed by atoms with Gasteiger partial charge in [0.05, 0.1) is 11.5 Å². The van der Waals surface area contributed by atoms with Gasteiger partial charge >= 0.3 is 0 Å². The third-order valence-electron chi connectivity index (χ3n) is 3.85. The third kappa shape index (κ3) is 2.11. The first-order valence-corrected chi connectivity index (χ1v) is 7.23. The Kier molecular flexibility index (Phi) is 2.39. The fourth-order valence-corrected chi connectivity index (χ4v) is 4.07. The first-order chi connectivity index (χ1) is 6.41. The third-order valence-corrected chi connectivity index (χ3v) is 5.57. The average Bonchev–Trinajstić information content (AvgIpc) is 2.65. The normalized spacial score (nSPS) is 42.3. The summed E-state index contributed by atoms with van der Waals surface area (Å²) in [5, 5.41) is 0. The molecule has 0 radical (unpaired) electrons. The highest BCUT2D eigenvalue weighted by atomic mass is 32.2. The standard InChI is InChI=1S/C10H19NO2S/c1-8-6-10(8,11)7-9-2-4-14(12,13)5-3-9/h8-9H,2-7,11H2,1H3. The second-order valence-electron chi connectivity index (χ2n) is 5.14. The van der Waals surface area contributed by atoms with Crippen molar-refractivity contribution >= 4 is 9.84 Å². The van der Waals surface area contributed by atoms with Gasteiger partial charge in [-0.1, -0.05) is 6.92 Å². The predicted octanol–water partition coefficient (Wildman–Crippen LogP) is 0.939. The van der Waals surface area contributed by atoms with Crippen molar-refractivity contribution in [2.75, 3.05) is 11.5 Å². The largest absolute Gasteiger partial charge is 0.325 e. The van der Waals surface area contributed by atoms with Crippen molar-refractivity contribution in [3.63, 3.8) is 0 Å². The molecule has 0 aromatic heterocycles. The summed E-state index contributed by atoms with van der Waals surface area (Å²) < 4.78 is 22.4. The van der Waals surface area contributed by atoms with Crippen molar-refractivity contribution in [2.45, 2.75) is 38.1 Å². The average molecular weight is 217 g/mol. The maximum atomic E-state index is 11.2.